The number of Topliss-reactive ketones (excluding diaryl/α,β-unsaturated/α-hetero) is 1. The zero-order chi connectivity index (χ0) is 25.5. The molecule has 35 heavy (non-hydrogen) atoms. The van der Waals surface area contributed by atoms with E-state index >= 15 is 0 Å². The second kappa shape index (κ2) is 12.1. The first-order valence-corrected chi connectivity index (χ1v) is 12.4. The van der Waals surface area contributed by atoms with Crippen molar-refractivity contribution in [2.24, 2.45) is 11.8 Å². The maximum atomic E-state index is 13.2. The van der Waals surface area contributed by atoms with Crippen molar-refractivity contribution in [1.29, 1.82) is 0 Å². The van der Waals surface area contributed by atoms with Crippen LogP contribution in [0.2, 0.25) is 0 Å². The number of aromatic nitrogens is 1. The highest BCUT2D eigenvalue weighted by atomic mass is 35.5. The van der Waals surface area contributed by atoms with Crippen molar-refractivity contribution < 1.29 is 23.9 Å². The lowest BCUT2D eigenvalue weighted by atomic mass is 9.95. The summed E-state index contributed by atoms with van der Waals surface area (Å²) >= 11 is 5.78. The number of fused-ring (bicyclic) bond motifs is 1. The Kier molecular flexibility index (Phi) is 9.14. The van der Waals surface area contributed by atoms with Gasteiger partial charge in [0, 0.05) is 23.4 Å². The van der Waals surface area contributed by atoms with Gasteiger partial charge in [0.25, 0.3) is 5.91 Å². The number of hydrogen-bond acceptors (Lipinski definition) is 5. The monoisotopic (exact) mass is 504 g/mol. The van der Waals surface area contributed by atoms with Gasteiger partial charge >= 0.3 is 0 Å². The number of ether oxygens (including phenoxy) is 1. The molecule has 1 aliphatic rings. The predicted octanol–water partition coefficient (Wildman–Crippen LogP) is 2.53. The minimum absolute atomic E-state index is 0.134. The Labute approximate surface area is 209 Å². The number of rotatable bonds is 12. The molecule has 0 radical (unpaired) electrons. The molecule has 1 aliphatic heterocycles. The third-order valence-corrected chi connectivity index (χ3v) is 6.53. The SMILES string of the molecule is COc1cccc2[nH]c(C(=O)N[C@@H](CCC(C)C)C(=O)NC(C[C@@H]3CCNC3=O)C(=O)CCl)cc12. The lowest BCUT2D eigenvalue weighted by Crippen LogP contribution is -2.52. The van der Waals surface area contributed by atoms with Gasteiger partial charge in [-0.3, -0.25) is 19.2 Å². The van der Waals surface area contributed by atoms with Crippen LogP contribution in [0.1, 0.15) is 50.0 Å². The molecule has 3 rings (SSSR count). The minimum Gasteiger partial charge on any atom is -0.496 e. The van der Waals surface area contributed by atoms with Crippen LogP contribution in [0.3, 0.4) is 0 Å². The second-order valence-electron chi connectivity index (χ2n) is 9.28. The van der Waals surface area contributed by atoms with Gasteiger partial charge in [0.15, 0.2) is 5.78 Å². The molecular weight excluding hydrogens is 472 g/mol. The van der Waals surface area contributed by atoms with Crippen molar-refractivity contribution >= 4 is 46.0 Å². The summed E-state index contributed by atoms with van der Waals surface area (Å²) < 4.78 is 5.36. The number of H-pyrrole nitrogens is 1. The molecule has 1 aromatic heterocycles. The van der Waals surface area contributed by atoms with Crippen LogP contribution in [0.25, 0.3) is 10.9 Å². The Balaban J connectivity index is 1.76. The number of aromatic amines is 1. The summed E-state index contributed by atoms with van der Waals surface area (Å²) in [5.74, 6) is -1.12. The molecule has 0 aliphatic carbocycles. The first-order chi connectivity index (χ1) is 16.7. The van der Waals surface area contributed by atoms with Crippen LogP contribution in [0, 0.1) is 11.8 Å². The summed E-state index contributed by atoms with van der Waals surface area (Å²) in [6.45, 7) is 4.60. The van der Waals surface area contributed by atoms with Gasteiger partial charge in [-0.2, -0.15) is 0 Å². The van der Waals surface area contributed by atoms with Crippen LogP contribution in [-0.4, -0.2) is 60.1 Å². The molecule has 2 aromatic rings. The molecule has 0 spiro atoms. The summed E-state index contributed by atoms with van der Waals surface area (Å²) in [6.07, 6.45) is 1.86. The molecule has 2 heterocycles. The molecule has 9 nitrogen and oxygen atoms in total. The molecule has 0 bridgehead atoms. The van der Waals surface area contributed by atoms with Crippen LogP contribution in [0.15, 0.2) is 24.3 Å². The zero-order valence-electron chi connectivity index (χ0n) is 20.3. The van der Waals surface area contributed by atoms with Gasteiger partial charge in [0.1, 0.15) is 17.5 Å². The molecule has 1 unspecified atom stereocenters. The van der Waals surface area contributed by atoms with Gasteiger partial charge in [-0.15, -0.1) is 11.6 Å². The lowest BCUT2D eigenvalue weighted by molar-refractivity contribution is -0.129. The number of benzene rings is 1. The fourth-order valence-electron chi connectivity index (χ4n) is 4.22. The topological polar surface area (TPSA) is 129 Å². The van der Waals surface area contributed by atoms with Crippen LogP contribution >= 0.6 is 11.6 Å². The quantitative estimate of drug-likeness (QED) is 0.330. The third-order valence-electron chi connectivity index (χ3n) is 6.26. The maximum absolute atomic E-state index is 13.2. The number of carbonyl (C=O) groups excluding carboxylic acids is 4. The molecule has 3 atom stereocenters. The highest BCUT2D eigenvalue weighted by Gasteiger charge is 2.33. The predicted molar refractivity (Wildman–Crippen MR) is 134 cm³/mol. The van der Waals surface area contributed by atoms with E-state index in [4.69, 9.17) is 16.3 Å². The molecule has 10 heteroatoms. The minimum atomic E-state index is -0.898. The average molecular weight is 505 g/mol. The Bertz CT molecular complexity index is 1080. The van der Waals surface area contributed by atoms with Gasteiger partial charge in [0.05, 0.1) is 19.0 Å². The van der Waals surface area contributed by atoms with Gasteiger partial charge in [0.2, 0.25) is 11.8 Å². The summed E-state index contributed by atoms with van der Waals surface area (Å²) in [5, 5.41) is 9.04. The number of alkyl halides is 1. The highest BCUT2D eigenvalue weighted by Crippen LogP contribution is 2.26. The van der Waals surface area contributed by atoms with Gasteiger partial charge < -0.3 is 25.7 Å². The molecule has 4 N–H and O–H groups in total. The molecule has 1 fully saturated rings. The van der Waals surface area contributed by atoms with Gasteiger partial charge in [-0.1, -0.05) is 19.9 Å². The first kappa shape index (κ1) is 26.5. The van der Waals surface area contributed by atoms with E-state index in [1.165, 1.54) is 0 Å². The summed E-state index contributed by atoms with van der Waals surface area (Å²) in [7, 11) is 1.56. The Morgan fingerprint density at radius 3 is 2.57 bits per heavy atom. The molecular formula is C25H33ClN4O5. The van der Waals surface area contributed by atoms with Crippen molar-refractivity contribution in [3.05, 3.63) is 30.0 Å². The average Bonchev–Trinajstić information content (AvgIpc) is 3.46. The van der Waals surface area contributed by atoms with E-state index in [-0.39, 0.29) is 29.9 Å². The van der Waals surface area contributed by atoms with Crippen molar-refractivity contribution in [3.8, 4) is 5.75 Å². The normalized spacial score (nSPS) is 17.2. The maximum Gasteiger partial charge on any atom is 0.268 e. The van der Waals surface area contributed by atoms with Crippen LogP contribution < -0.4 is 20.7 Å². The third kappa shape index (κ3) is 6.75. The van der Waals surface area contributed by atoms with E-state index in [0.29, 0.717) is 43.2 Å². The fraction of sp³-hybridized carbons (Fsp3) is 0.520. The van der Waals surface area contributed by atoms with Crippen molar-refractivity contribution in [1.82, 2.24) is 20.9 Å². The number of hydrogen-bond donors (Lipinski definition) is 4. The number of carbonyl (C=O) groups is 4. The number of methoxy groups -OCH3 is 1. The summed E-state index contributed by atoms with van der Waals surface area (Å²) in [6, 6.07) is 5.37. The van der Waals surface area contributed by atoms with E-state index in [1.54, 1.807) is 19.2 Å². The van der Waals surface area contributed by atoms with E-state index in [9.17, 15) is 19.2 Å². The van der Waals surface area contributed by atoms with E-state index < -0.39 is 23.9 Å². The van der Waals surface area contributed by atoms with Crippen LogP contribution in [-0.2, 0) is 14.4 Å². The number of ketones is 1. The number of amides is 3. The van der Waals surface area contributed by atoms with Crippen LogP contribution in [0.4, 0.5) is 0 Å². The van der Waals surface area contributed by atoms with Gasteiger partial charge in [-0.25, -0.2) is 0 Å². The largest absolute Gasteiger partial charge is 0.496 e. The highest BCUT2D eigenvalue weighted by molar-refractivity contribution is 6.28. The Hall–Kier alpha value is -3.07. The van der Waals surface area contributed by atoms with Gasteiger partial charge in [-0.05, 0) is 49.8 Å². The number of nitrogens with one attached hydrogen (secondary N) is 4. The molecule has 1 aromatic carbocycles. The van der Waals surface area contributed by atoms with Crippen LogP contribution in [0.5, 0.6) is 5.75 Å². The zero-order valence-corrected chi connectivity index (χ0v) is 21.0. The van der Waals surface area contributed by atoms with Crippen molar-refractivity contribution in [2.45, 2.75) is 51.6 Å². The van der Waals surface area contributed by atoms with Crippen molar-refractivity contribution in [3.63, 3.8) is 0 Å². The van der Waals surface area contributed by atoms with E-state index in [2.05, 4.69) is 20.9 Å². The molecule has 1 saturated heterocycles. The standard InChI is InChI=1S/C25H33ClN4O5/c1-14(2)7-8-18(24(33)30-19(21(31)13-26)11-15-9-10-27-23(15)32)29-25(34)20-12-16-17(28-20)5-4-6-22(16)35-3/h4-6,12,14-15,18-19,28H,7-11,13H2,1-3H3,(H,27,32)(H,29,34)(H,30,33)/t15-,18-,19?/m0/s1. The van der Waals surface area contributed by atoms with Crippen molar-refractivity contribution in [2.75, 3.05) is 19.5 Å². The van der Waals surface area contributed by atoms with E-state index in [1.807, 2.05) is 26.0 Å². The Morgan fingerprint density at radius 2 is 1.94 bits per heavy atom. The second-order valence-corrected chi connectivity index (χ2v) is 9.54. The smallest absolute Gasteiger partial charge is 0.268 e. The first-order valence-electron chi connectivity index (χ1n) is 11.9. The summed E-state index contributed by atoms with van der Waals surface area (Å²) in [5.41, 5.74) is 1.03. The molecule has 3 amide bonds. The molecule has 190 valence electrons. The Morgan fingerprint density at radius 1 is 1.17 bits per heavy atom. The summed E-state index contributed by atoms with van der Waals surface area (Å²) in [4.78, 5) is 53.8. The van der Waals surface area contributed by atoms with E-state index in [0.717, 1.165) is 10.9 Å². The lowest BCUT2D eigenvalue weighted by Gasteiger charge is -2.24. The number of halogens is 1. The molecule has 0 saturated carbocycles. The fourth-order valence-corrected chi connectivity index (χ4v) is 4.41.